The summed E-state index contributed by atoms with van der Waals surface area (Å²) in [6, 6.07) is 35.1. The van der Waals surface area contributed by atoms with E-state index in [-0.39, 0.29) is 0 Å². The highest BCUT2D eigenvalue weighted by Gasteiger charge is 2.38. The lowest BCUT2D eigenvalue weighted by atomic mass is 9.80. The van der Waals surface area contributed by atoms with E-state index < -0.39 is 0 Å². The Balaban J connectivity index is 1.00. The van der Waals surface area contributed by atoms with Gasteiger partial charge in [0.25, 0.3) is 0 Å². The molecule has 0 heteroatoms. The summed E-state index contributed by atoms with van der Waals surface area (Å²) in [5.74, 6) is 0. The van der Waals surface area contributed by atoms with Crippen molar-refractivity contribution in [3.05, 3.63) is 152 Å². The quantitative estimate of drug-likeness (QED) is 0.133. The van der Waals surface area contributed by atoms with Crippen LogP contribution in [0.1, 0.15) is 122 Å². The first-order chi connectivity index (χ1) is 36.1. The summed E-state index contributed by atoms with van der Waals surface area (Å²) in [5.41, 5.74) is 41.3. The van der Waals surface area contributed by atoms with Gasteiger partial charge >= 0.3 is 0 Å². The van der Waals surface area contributed by atoms with Crippen LogP contribution in [0.25, 0.3) is 154 Å². The smallest absolute Gasteiger partial charge is 0.00137 e. The van der Waals surface area contributed by atoms with E-state index >= 15 is 0 Å². The third-order valence-corrected chi connectivity index (χ3v) is 19.6. The van der Waals surface area contributed by atoms with Crippen molar-refractivity contribution in [1.82, 2.24) is 0 Å². The Hall–Kier alpha value is -7.02. The second-order valence-corrected chi connectivity index (χ2v) is 22.6. The van der Waals surface area contributed by atoms with E-state index in [0.717, 1.165) is 51.4 Å². The molecule has 0 nitrogen and oxygen atoms in total. The Labute approximate surface area is 437 Å². The molecule has 0 atom stereocenters. The molecule has 0 bridgehead atoms. The minimum absolute atomic E-state index is 0.986. The van der Waals surface area contributed by atoms with Gasteiger partial charge in [0.05, 0.1) is 0 Å². The summed E-state index contributed by atoms with van der Waals surface area (Å²) < 4.78 is 0. The lowest BCUT2D eigenvalue weighted by molar-refractivity contribution is 1.13. The average Bonchev–Trinajstić information content (AvgIpc) is 4.16. The van der Waals surface area contributed by atoms with E-state index in [0.29, 0.717) is 0 Å². The molecule has 0 N–H and O–H groups in total. The molecule has 0 radical (unpaired) electrons. The van der Waals surface area contributed by atoms with E-state index in [1.807, 2.05) is 0 Å². The highest BCUT2D eigenvalue weighted by Crippen LogP contribution is 2.64. The standard InChI is InChI=1S/C74H66/c1-13-39-55-33-57-41(15-3)65-49-27-31-53-69-45(19-7)61-37(11)23-24-38(12)62(61)46(20-8)70(69)54-32-28-50(72(49)74(53)54)66(65)42(16-4)58(57)34-56(55)40(14-2)64-48-26-30-52-68-44(18-6)60-36(10)22-21-35(9)59(60)43(17-5)67(68)51-29-25-47(63(39)64)71(48)73(51)52/h21-34H,13-20H2,1-12H3. The fourth-order valence-electron chi connectivity index (χ4n) is 16.9. The van der Waals surface area contributed by atoms with Crippen LogP contribution < -0.4 is 0 Å². The lowest BCUT2D eigenvalue weighted by Crippen LogP contribution is -2.01. The third kappa shape index (κ3) is 4.99. The SMILES string of the molecule is CCc1c2c(c(CC)c3cc4c(CC)c5c(c(CC)c4cc13)-c1ccc3c4c(ccc-5c14)-c1c-3c(CC)c3c(C)ccc(C)c3c1CC)-c1ccc3c4c(ccc-2c14)-c1c-3c(CC)c2c(C)ccc(C)c2c1CC. The summed E-state index contributed by atoms with van der Waals surface area (Å²) in [7, 11) is 0. The predicted octanol–water partition coefficient (Wildman–Crippen LogP) is 20.9. The van der Waals surface area contributed by atoms with E-state index in [1.54, 1.807) is 0 Å². The van der Waals surface area contributed by atoms with Crippen LogP contribution in [0.15, 0.2) is 84.9 Å². The van der Waals surface area contributed by atoms with Crippen LogP contribution in [0.4, 0.5) is 0 Å². The van der Waals surface area contributed by atoms with Gasteiger partial charge in [0.2, 0.25) is 0 Å². The second kappa shape index (κ2) is 15.3. The van der Waals surface area contributed by atoms with Gasteiger partial charge in [-0.1, -0.05) is 128 Å². The molecule has 362 valence electrons. The van der Waals surface area contributed by atoms with Crippen LogP contribution in [-0.4, -0.2) is 0 Å². The van der Waals surface area contributed by atoms with Crippen molar-refractivity contribution in [3.63, 3.8) is 0 Å². The summed E-state index contributed by atoms with van der Waals surface area (Å²) in [5, 5.41) is 17.7. The van der Waals surface area contributed by atoms with Crippen LogP contribution in [0, 0.1) is 27.7 Å². The molecule has 4 aliphatic carbocycles. The van der Waals surface area contributed by atoms with Gasteiger partial charge in [-0.3, -0.25) is 0 Å². The first-order valence-electron chi connectivity index (χ1n) is 28.6. The zero-order valence-corrected chi connectivity index (χ0v) is 45.7. The first-order valence-corrected chi connectivity index (χ1v) is 28.6. The maximum absolute atomic E-state index is 2.69. The molecular weight excluding hydrogens is 889 g/mol. The Morgan fingerprint density at radius 1 is 0.203 bits per heavy atom. The van der Waals surface area contributed by atoms with Gasteiger partial charge in [0.15, 0.2) is 0 Å². The maximum atomic E-state index is 2.69. The van der Waals surface area contributed by atoms with E-state index in [9.17, 15) is 0 Å². The van der Waals surface area contributed by atoms with Crippen molar-refractivity contribution in [1.29, 1.82) is 0 Å². The van der Waals surface area contributed by atoms with Crippen molar-refractivity contribution in [2.75, 3.05) is 0 Å². The van der Waals surface area contributed by atoms with Crippen molar-refractivity contribution in [2.24, 2.45) is 0 Å². The molecule has 0 spiro atoms. The van der Waals surface area contributed by atoms with E-state index in [2.05, 4.69) is 168 Å². The fourth-order valence-corrected chi connectivity index (χ4v) is 16.9. The Kier molecular flexibility index (Phi) is 9.19. The zero-order chi connectivity index (χ0) is 50.7. The molecule has 0 aliphatic heterocycles. The molecule has 74 heavy (non-hydrogen) atoms. The number of fused-ring (bicyclic) bond motifs is 16. The predicted molar refractivity (Wildman–Crippen MR) is 323 cm³/mol. The number of hydrogen-bond donors (Lipinski definition) is 0. The highest BCUT2D eigenvalue weighted by molar-refractivity contribution is 6.32. The summed E-state index contributed by atoms with van der Waals surface area (Å²) >= 11 is 0. The highest BCUT2D eigenvalue weighted by atomic mass is 14.4. The zero-order valence-electron chi connectivity index (χ0n) is 45.7. The maximum Gasteiger partial charge on any atom is -0.00137 e. The average molecular weight is 955 g/mol. The van der Waals surface area contributed by atoms with Gasteiger partial charge in [-0.25, -0.2) is 0 Å². The molecule has 0 heterocycles. The Morgan fingerprint density at radius 3 is 0.527 bits per heavy atom. The van der Waals surface area contributed by atoms with Crippen molar-refractivity contribution in [2.45, 2.75) is 134 Å². The van der Waals surface area contributed by atoms with Crippen molar-refractivity contribution < 1.29 is 0 Å². The van der Waals surface area contributed by atoms with Gasteiger partial charge in [-0.15, -0.1) is 0 Å². The molecule has 0 amide bonds. The molecular formula is C74H66. The van der Waals surface area contributed by atoms with Crippen LogP contribution in [0.5, 0.6) is 0 Å². The molecule has 4 aliphatic rings. The van der Waals surface area contributed by atoms with Crippen LogP contribution in [-0.2, 0) is 51.4 Å². The number of benzene rings is 11. The second-order valence-electron chi connectivity index (χ2n) is 22.6. The minimum Gasteiger partial charge on any atom is -0.0612 e. The summed E-state index contributed by atoms with van der Waals surface area (Å²) in [4.78, 5) is 0. The topological polar surface area (TPSA) is 0 Å². The van der Waals surface area contributed by atoms with Crippen LogP contribution >= 0.6 is 0 Å². The number of aryl methyl sites for hydroxylation is 12. The van der Waals surface area contributed by atoms with E-state index in [4.69, 9.17) is 0 Å². The number of rotatable bonds is 8. The Morgan fingerprint density at radius 2 is 0.365 bits per heavy atom. The largest absolute Gasteiger partial charge is 0.0612 e. The molecule has 0 saturated carbocycles. The summed E-state index contributed by atoms with van der Waals surface area (Å²) in [6.07, 6.45) is 8.03. The first kappa shape index (κ1) is 44.5. The van der Waals surface area contributed by atoms with Crippen molar-refractivity contribution >= 4 is 64.6 Å². The lowest BCUT2D eigenvalue weighted by Gasteiger charge is -2.23. The minimum atomic E-state index is 0.986. The molecule has 0 saturated heterocycles. The van der Waals surface area contributed by atoms with Gasteiger partial charge in [0, 0.05) is 0 Å². The normalized spacial score (nSPS) is 13.0. The van der Waals surface area contributed by atoms with Gasteiger partial charge in [-0.2, -0.15) is 0 Å². The van der Waals surface area contributed by atoms with Gasteiger partial charge < -0.3 is 0 Å². The molecule has 15 rings (SSSR count). The molecule has 11 aromatic rings. The third-order valence-electron chi connectivity index (χ3n) is 19.6. The van der Waals surface area contributed by atoms with Crippen LogP contribution in [0.2, 0.25) is 0 Å². The monoisotopic (exact) mass is 955 g/mol. The molecule has 0 unspecified atom stereocenters. The van der Waals surface area contributed by atoms with Crippen molar-refractivity contribution in [3.8, 4) is 89.0 Å². The van der Waals surface area contributed by atoms with Gasteiger partial charge in [-0.05, 0) is 312 Å². The fraction of sp³-hybridized carbons (Fsp3) is 0.270. The molecule has 0 fully saturated rings. The summed E-state index contributed by atoms with van der Waals surface area (Å²) in [6.45, 7) is 28.5. The molecule has 11 aromatic carbocycles. The van der Waals surface area contributed by atoms with E-state index in [1.165, 1.54) is 220 Å². The number of hydrogen-bond acceptors (Lipinski definition) is 0. The van der Waals surface area contributed by atoms with Gasteiger partial charge in [0.1, 0.15) is 0 Å². The molecule has 0 aromatic heterocycles. The Bertz CT molecular complexity index is 3960. The van der Waals surface area contributed by atoms with Crippen LogP contribution in [0.3, 0.4) is 0 Å².